The minimum Gasteiger partial charge on any atom is -0.457 e. The molecular formula is C32H21Cl2NO4. The van der Waals surface area contributed by atoms with Crippen LogP contribution in [0.5, 0.6) is 0 Å². The van der Waals surface area contributed by atoms with Crippen molar-refractivity contribution in [3.8, 4) is 0 Å². The molecule has 8 rings (SSSR count). The van der Waals surface area contributed by atoms with Crippen molar-refractivity contribution in [2.24, 2.45) is 11.8 Å². The number of alkyl halides is 2. The number of halogens is 2. The van der Waals surface area contributed by atoms with Crippen molar-refractivity contribution in [3.63, 3.8) is 0 Å². The van der Waals surface area contributed by atoms with E-state index in [1.807, 2.05) is 78.9 Å². The summed E-state index contributed by atoms with van der Waals surface area (Å²) < 4.78 is 5.47. The van der Waals surface area contributed by atoms with E-state index in [0.717, 1.165) is 32.7 Å². The fourth-order valence-electron chi connectivity index (χ4n) is 6.50. The van der Waals surface area contributed by atoms with Crippen molar-refractivity contribution in [2.75, 3.05) is 4.90 Å². The van der Waals surface area contributed by atoms with Crippen LogP contribution in [0.4, 0.5) is 5.69 Å². The van der Waals surface area contributed by atoms with Gasteiger partial charge in [0.05, 0.1) is 23.1 Å². The number of nitrogens with zero attached hydrogens (tertiary/aromatic N) is 1. The summed E-state index contributed by atoms with van der Waals surface area (Å²) in [6, 6.07) is 30.7. The predicted molar refractivity (Wildman–Crippen MR) is 148 cm³/mol. The van der Waals surface area contributed by atoms with Crippen molar-refractivity contribution in [1.29, 1.82) is 0 Å². The minimum atomic E-state index is -1.26. The van der Waals surface area contributed by atoms with Crippen LogP contribution in [0, 0.1) is 11.8 Å². The largest absolute Gasteiger partial charge is 0.457 e. The van der Waals surface area contributed by atoms with Crippen molar-refractivity contribution in [1.82, 2.24) is 0 Å². The fraction of sp³-hybridized carbons (Fsp3) is 0.156. The average Bonchev–Trinajstić information content (AvgIpc) is 3.26. The predicted octanol–water partition coefficient (Wildman–Crippen LogP) is 6.14. The summed E-state index contributed by atoms with van der Waals surface area (Å²) in [6.07, 6.45) is 0. The molecule has 2 atom stereocenters. The lowest BCUT2D eigenvalue weighted by Gasteiger charge is -2.54. The molecule has 2 bridgehead atoms. The maximum absolute atomic E-state index is 14.1. The normalized spacial score (nSPS) is 26.2. The second-order valence-electron chi connectivity index (χ2n) is 10.1. The third-order valence-electron chi connectivity index (χ3n) is 8.14. The molecule has 0 N–H and O–H groups in total. The molecule has 4 aromatic carbocycles. The molecule has 39 heavy (non-hydrogen) atoms. The van der Waals surface area contributed by atoms with Crippen LogP contribution in [-0.2, 0) is 30.7 Å². The van der Waals surface area contributed by atoms with Gasteiger partial charge in [-0.05, 0) is 46.0 Å². The zero-order valence-electron chi connectivity index (χ0n) is 20.5. The van der Waals surface area contributed by atoms with Gasteiger partial charge in [0.2, 0.25) is 11.8 Å². The molecule has 1 fully saturated rings. The summed E-state index contributed by atoms with van der Waals surface area (Å²) >= 11 is 15.0. The van der Waals surface area contributed by atoms with Crippen molar-refractivity contribution in [2.45, 2.75) is 16.4 Å². The SMILES string of the molecule is O=C(OCc1ccccc1)c1cccc(N2C(=O)[C@@H]3[C@@H](C2=O)C2(Cl)c4ccccc4C3(Cl)c3ccccc32)c1. The molecule has 0 unspecified atom stereocenters. The third kappa shape index (κ3) is 3.17. The molecule has 0 aromatic heterocycles. The first-order valence-corrected chi connectivity index (χ1v) is 13.4. The molecule has 0 radical (unpaired) electrons. The number of benzene rings is 4. The van der Waals surface area contributed by atoms with E-state index in [1.165, 1.54) is 6.07 Å². The van der Waals surface area contributed by atoms with Crippen molar-refractivity contribution in [3.05, 3.63) is 137 Å². The number of imide groups is 1. The number of esters is 1. The maximum Gasteiger partial charge on any atom is 0.338 e. The van der Waals surface area contributed by atoms with Crippen LogP contribution in [0.3, 0.4) is 0 Å². The Morgan fingerprint density at radius 2 is 1.18 bits per heavy atom. The number of hydrogen-bond acceptors (Lipinski definition) is 4. The maximum atomic E-state index is 14.1. The average molecular weight is 554 g/mol. The second-order valence-corrected chi connectivity index (χ2v) is 11.3. The fourth-order valence-corrected chi connectivity index (χ4v) is 7.60. The zero-order valence-corrected chi connectivity index (χ0v) is 22.0. The van der Waals surface area contributed by atoms with Gasteiger partial charge in [0, 0.05) is 0 Å². The third-order valence-corrected chi connectivity index (χ3v) is 9.42. The molecule has 5 nitrogen and oxygen atoms in total. The van der Waals surface area contributed by atoms with Crippen LogP contribution in [0.2, 0.25) is 0 Å². The first-order valence-electron chi connectivity index (χ1n) is 12.6. The molecule has 3 aliphatic carbocycles. The molecule has 1 aliphatic heterocycles. The Balaban J connectivity index is 1.29. The molecule has 1 saturated heterocycles. The first-order chi connectivity index (χ1) is 18.9. The first kappa shape index (κ1) is 24.1. The van der Waals surface area contributed by atoms with Gasteiger partial charge in [-0.3, -0.25) is 9.59 Å². The summed E-state index contributed by atoms with van der Waals surface area (Å²) in [5.41, 5.74) is 4.32. The molecule has 2 amide bonds. The van der Waals surface area contributed by atoms with Gasteiger partial charge in [-0.15, -0.1) is 23.2 Å². The molecule has 0 saturated carbocycles. The van der Waals surface area contributed by atoms with Crippen molar-refractivity contribution < 1.29 is 19.1 Å². The van der Waals surface area contributed by atoms with Gasteiger partial charge < -0.3 is 4.74 Å². The summed E-state index contributed by atoms with van der Waals surface area (Å²) in [7, 11) is 0. The van der Waals surface area contributed by atoms with Gasteiger partial charge in [-0.25, -0.2) is 9.69 Å². The van der Waals surface area contributed by atoms with Gasteiger partial charge in [-0.2, -0.15) is 0 Å². The number of carbonyl (C=O) groups is 3. The molecule has 1 heterocycles. The molecule has 7 heteroatoms. The summed E-state index contributed by atoms with van der Waals surface area (Å²) in [4.78, 5) is 39.8. The van der Waals surface area contributed by atoms with Crippen LogP contribution >= 0.6 is 23.2 Å². The Labute approximate surface area is 234 Å². The summed E-state index contributed by atoms with van der Waals surface area (Å²) in [6.45, 7) is 0.107. The van der Waals surface area contributed by atoms with Crippen LogP contribution in [0.1, 0.15) is 38.2 Å². The molecule has 4 aromatic rings. The second kappa shape index (κ2) is 8.54. The lowest BCUT2D eigenvalue weighted by Crippen LogP contribution is -2.57. The lowest BCUT2D eigenvalue weighted by molar-refractivity contribution is -0.122. The Bertz CT molecular complexity index is 1560. The van der Waals surface area contributed by atoms with Gasteiger partial charge >= 0.3 is 5.97 Å². The highest BCUT2D eigenvalue weighted by Gasteiger charge is 2.73. The van der Waals surface area contributed by atoms with Crippen LogP contribution < -0.4 is 4.90 Å². The van der Waals surface area contributed by atoms with Crippen LogP contribution in [0.15, 0.2) is 103 Å². The van der Waals surface area contributed by atoms with Gasteiger partial charge in [0.15, 0.2) is 0 Å². The Morgan fingerprint density at radius 3 is 1.69 bits per heavy atom. The molecule has 0 spiro atoms. The Hall–Kier alpha value is -3.93. The van der Waals surface area contributed by atoms with E-state index >= 15 is 0 Å². The van der Waals surface area contributed by atoms with E-state index in [9.17, 15) is 14.4 Å². The standard InChI is InChI=1S/C32H21Cl2NO4/c33-31-22-13-4-5-14-23(22)32(34,25-16-7-6-15-24(25)31)27-26(31)28(36)35(29(27)37)21-12-8-11-20(17-21)30(38)39-18-19-9-2-1-3-10-19/h1-17,26-27H,18H2/t26-,27-,31?,32?/m0/s1. The highest BCUT2D eigenvalue weighted by atomic mass is 35.5. The van der Waals surface area contributed by atoms with Gasteiger partial charge in [0.25, 0.3) is 0 Å². The highest BCUT2D eigenvalue weighted by Crippen LogP contribution is 2.69. The van der Waals surface area contributed by atoms with Gasteiger partial charge in [0.1, 0.15) is 16.4 Å². The Kier molecular flexibility index (Phi) is 5.28. The smallest absolute Gasteiger partial charge is 0.338 e. The number of ether oxygens (including phenoxy) is 1. The number of amides is 2. The van der Waals surface area contributed by atoms with Crippen LogP contribution in [0.25, 0.3) is 0 Å². The van der Waals surface area contributed by atoms with E-state index in [2.05, 4.69) is 0 Å². The quantitative estimate of drug-likeness (QED) is 0.173. The highest BCUT2D eigenvalue weighted by molar-refractivity contribution is 6.38. The molecular weight excluding hydrogens is 533 g/mol. The number of rotatable bonds is 4. The van der Waals surface area contributed by atoms with E-state index in [1.54, 1.807) is 18.2 Å². The van der Waals surface area contributed by atoms with Gasteiger partial charge in [-0.1, -0.05) is 84.9 Å². The van der Waals surface area contributed by atoms with Crippen molar-refractivity contribution >= 4 is 46.7 Å². The number of carbonyl (C=O) groups excluding carboxylic acids is 3. The van der Waals surface area contributed by atoms with E-state index < -0.39 is 39.4 Å². The lowest BCUT2D eigenvalue weighted by atomic mass is 9.54. The molecule has 4 aliphatic rings. The van der Waals surface area contributed by atoms with E-state index in [-0.39, 0.29) is 17.9 Å². The Morgan fingerprint density at radius 1 is 0.692 bits per heavy atom. The minimum absolute atomic E-state index is 0.107. The monoisotopic (exact) mass is 553 g/mol. The summed E-state index contributed by atoms with van der Waals surface area (Å²) in [5, 5.41) is 0. The topological polar surface area (TPSA) is 63.7 Å². The summed E-state index contributed by atoms with van der Waals surface area (Å²) in [5.74, 6) is -3.27. The number of hydrogen-bond donors (Lipinski definition) is 0. The number of anilines is 1. The zero-order chi connectivity index (χ0) is 26.9. The van der Waals surface area contributed by atoms with E-state index in [4.69, 9.17) is 27.9 Å². The molecule has 192 valence electrons. The van der Waals surface area contributed by atoms with E-state index in [0.29, 0.717) is 0 Å². The van der Waals surface area contributed by atoms with Crippen LogP contribution in [-0.4, -0.2) is 17.8 Å².